The molecule has 0 spiro atoms. The van der Waals surface area contributed by atoms with E-state index >= 15 is 0 Å². The third-order valence-electron chi connectivity index (χ3n) is 7.05. The average Bonchev–Trinajstić information content (AvgIpc) is 2.94. The third kappa shape index (κ3) is 4.95. The predicted octanol–water partition coefficient (Wildman–Crippen LogP) is 9.82. The number of benzene rings is 3. The van der Waals surface area contributed by atoms with Gasteiger partial charge in [0, 0.05) is 11.8 Å². The van der Waals surface area contributed by atoms with Gasteiger partial charge in [-0.15, -0.1) is 0 Å². The van der Waals surface area contributed by atoms with Gasteiger partial charge in [-0.05, 0) is 58.0 Å². The lowest BCUT2D eigenvalue weighted by atomic mass is 9.74. The molecule has 2 unspecified atom stereocenters. The molecule has 0 N–H and O–H groups in total. The summed E-state index contributed by atoms with van der Waals surface area (Å²) in [7, 11) is 0. The number of rotatable bonds is 4. The van der Waals surface area contributed by atoms with Crippen LogP contribution >= 0.6 is 0 Å². The van der Waals surface area contributed by atoms with Crippen LogP contribution in [0.3, 0.4) is 0 Å². The van der Waals surface area contributed by atoms with Gasteiger partial charge in [-0.1, -0.05) is 146 Å². The van der Waals surface area contributed by atoms with Crippen LogP contribution in [0.4, 0.5) is 0 Å². The van der Waals surface area contributed by atoms with E-state index in [1.54, 1.807) is 0 Å². The van der Waals surface area contributed by atoms with Crippen molar-refractivity contribution >= 4 is 16.3 Å². The molecule has 0 aromatic heterocycles. The molecule has 2 aliphatic rings. The van der Waals surface area contributed by atoms with E-state index in [4.69, 9.17) is 0 Å². The molecule has 36 heavy (non-hydrogen) atoms. The second kappa shape index (κ2) is 11.1. The fourth-order valence-electron chi connectivity index (χ4n) is 5.21. The maximum absolute atomic E-state index is 2.35. The summed E-state index contributed by atoms with van der Waals surface area (Å²) in [4.78, 5) is 0. The molecule has 2 atom stereocenters. The summed E-state index contributed by atoms with van der Waals surface area (Å²) in [5.74, 6) is 0.534. The highest BCUT2D eigenvalue weighted by molar-refractivity contribution is 5.96. The van der Waals surface area contributed by atoms with Crippen molar-refractivity contribution in [2.75, 3.05) is 0 Å². The Hall–Kier alpha value is -4.16. The van der Waals surface area contributed by atoms with Gasteiger partial charge >= 0.3 is 0 Å². The van der Waals surface area contributed by atoms with Gasteiger partial charge in [0.1, 0.15) is 0 Å². The maximum atomic E-state index is 2.35. The Morgan fingerprint density at radius 3 is 2.17 bits per heavy atom. The van der Waals surface area contributed by atoms with Gasteiger partial charge in [-0.25, -0.2) is 0 Å². The van der Waals surface area contributed by atoms with Crippen molar-refractivity contribution in [3.63, 3.8) is 0 Å². The molecule has 0 heterocycles. The van der Waals surface area contributed by atoms with Crippen molar-refractivity contribution in [3.05, 3.63) is 162 Å². The van der Waals surface area contributed by atoms with Crippen LogP contribution in [0.15, 0.2) is 157 Å². The van der Waals surface area contributed by atoms with Gasteiger partial charge in [-0.2, -0.15) is 0 Å². The fourth-order valence-corrected chi connectivity index (χ4v) is 5.21. The van der Waals surface area contributed by atoms with Crippen molar-refractivity contribution in [1.82, 2.24) is 0 Å². The average molecular weight is 465 g/mol. The summed E-state index contributed by atoms with van der Waals surface area (Å²) in [6.07, 6.45) is 28.6. The normalized spacial score (nSPS) is 19.9. The predicted molar refractivity (Wildman–Crippen MR) is 158 cm³/mol. The van der Waals surface area contributed by atoms with Gasteiger partial charge < -0.3 is 0 Å². The minimum absolute atomic E-state index is 0.259. The zero-order valence-electron chi connectivity index (χ0n) is 21.0. The SMILES string of the molecule is CC=CC=C(C)C1=CC=CC=CC=C(c2ccc(-c3cccc4ccccc34)cc2)C2C=CC=CC12. The van der Waals surface area contributed by atoms with Crippen LogP contribution in [0.5, 0.6) is 0 Å². The Morgan fingerprint density at radius 2 is 1.36 bits per heavy atom. The van der Waals surface area contributed by atoms with Crippen molar-refractivity contribution in [2.45, 2.75) is 13.8 Å². The van der Waals surface area contributed by atoms with E-state index in [-0.39, 0.29) is 11.8 Å². The van der Waals surface area contributed by atoms with Gasteiger partial charge in [0.25, 0.3) is 0 Å². The van der Waals surface area contributed by atoms with E-state index in [9.17, 15) is 0 Å². The second-order valence-electron chi connectivity index (χ2n) is 9.31. The molecule has 0 aliphatic heterocycles. The van der Waals surface area contributed by atoms with E-state index in [2.05, 4.69) is 160 Å². The minimum Gasteiger partial charge on any atom is -0.0877 e. The van der Waals surface area contributed by atoms with Gasteiger partial charge in [0.15, 0.2) is 0 Å². The first-order valence-corrected chi connectivity index (χ1v) is 12.7. The molecule has 0 saturated carbocycles. The first-order chi connectivity index (χ1) is 17.8. The Bertz CT molecular complexity index is 1470. The summed E-state index contributed by atoms with van der Waals surface area (Å²) >= 11 is 0. The standard InChI is InChI=1S/C36H32/c1-3-4-14-27(2)31-17-7-5-6-8-18-34(36-21-12-11-20-35(31)36)30-25-23-29(24-26-30)33-22-13-16-28-15-9-10-19-32(28)33/h3-26,35-36H,1-2H3. The largest absolute Gasteiger partial charge is 0.0877 e. The molecule has 176 valence electrons. The highest BCUT2D eigenvalue weighted by Gasteiger charge is 2.27. The monoisotopic (exact) mass is 464 g/mol. The highest BCUT2D eigenvalue weighted by atomic mass is 14.3. The van der Waals surface area contributed by atoms with Gasteiger partial charge in [-0.3, -0.25) is 0 Å². The molecule has 0 heteroatoms. The zero-order chi connectivity index (χ0) is 24.7. The summed E-state index contributed by atoms with van der Waals surface area (Å²) in [5, 5.41) is 2.56. The Labute approximate surface area is 215 Å². The molecule has 3 aromatic carbocycles. The second-order valence-corrected chi connectivity index (χ2v) is 9.31. The van der Waals surface area contributed by atoms with Crippen molar-refractivity contribution in [3.8, 4) is 11.1 Å². The molecule has 0 nitrogen and oxygen atoms in total. The first-order valence-electron chi connectivity index (χ1n) is 12.7. The lowest BCUT2D eigenvalue weighted by molar-refractivity contribution is 0.652. The van der Waals surface area contributed by atoms with E-state index < -0.39 is 0 Å². The maximum Gasteiger partial charge on any atom is 0.0131 e. The molecular formula is C36H32. The lowest BCUT2D eigenvalue weighted by Gasteiger charge is -2.30. The molecule has 0 saturated heterocycles. The number of hydrogen-bond donors (Lipinski definition) is 0. The quantitative estimate of drug-likeness (QED) is 0.337. The smallest absolute Gasteiger partial charge is 0.0131 e. The van der Waals surface area contributed by atoms with Crippen LogP contribution in [-0.2, 0) is 0 Å². The van der Waals surface area contributed by atoms with E-state index in [0.717, 1.165) is 0 Å². The molecule has 0 amide bonds. The van der Waals surface area contributed by atoms with E-state index in [1.807, 2.05) is 0 Å². The summed E-state index contributed by atoms with van der Waals surface area (Å²) in [6.45, 7) is 4.28. The Morgan fingerprint density at radius 1 is 0.667 bits per heavy atom. The highest BCUT2D eigenvalue weighted by Crippen LogP contribution is 2.40. The molecule has 3 aromatic rings. The molecule has 0 bridgehead atoms. The van der Waals surface area contributed by atoms with Crippen molar-refractivity contribution in [2.24, 2.45) is 11.8 Å². The Balaban J connectivity index is 1.55. The third-order valence-corrected chi connectivity index (χ3v) is 7.05. The minimum atomic E-state index is 0.259. The number of fused-ring (bicyclic) bond motifs is 2. The number of hydrogen-bond acceptors (Lipinski definition) is 0. The molecule has 0 fully saturated rings. The zero-order valence-corrected chi connectivity index (χ0v) is 21.0. The van der Waals surface area contributed by atoms with Crippen LogP contribution < -0.4 is 0 Å². The van der Waals surface area contributed by atoms with E-state index in [1.165, 1.54) is 44.2 Å². The summed E-state index contributed by atoms with van der Waals surface area (Å²) < 4.78 is 0. The van der Waals surface area contributed by atoms with Crippen molar-refractivity contribution in [1.29, 1.82) is 0 Å². The molecular weight excluding hydrogens is 432 g/mol. The molecule has 0 radical (unpaired) electrons. The fraction of sp³-hybridized carbons (Fsp3) is 0.111. The van der Waals surface area contributed by atoms with Gasteiger partial charge in [0.05, 0.1) is 0 Å². The van der Waals surface area contributed by atoms with Crippen LogP contribution in [0.25, 0.3) is 27.5 Å². The summed E-state index contributed by atoms with van der Waals surface area (Å²) in [5.41, 5.74) is 7.76. The van der Waals surface area contributed by atoms with Crippen LogP contribution in [0.1, 0.15) is 19.4 Å². The van der Waals surface area contributed by atoms with Crippen LogP contribution in [0.2, 0.25) is 0 Å². The van der Waals surface area contributed by atoms with Crippen LogP contribution in [-0.4, -0.2) is 0 Å². The van der Waals surface area contributed by atoms with E-state index in [0.29, 0.717) is 0 Å². The lowest BCUT2D eigenvalue weighted by Crippen LogP contribution is -2.18. The van der Waals surface area contributed by atoms with Crippen LogP contribution in [0, 0.1) is 11.8 Å². The Kier molecular flexibility index (Phi) is 7.24. The molecule has 5 rings (SSSR count). The summed E-state index contributed by atoms with van der Waals surface area (Å²) in [6, 6.07) is 24.3. The van der Waals surface area contributed by atoms with Crippen molar-refractivity contribution < 1.29 is 0 Å². The molecule has 2 aliphatic carbocycles. The first kappa shape index (κ1) is 23.6. The van der Waals surface area contributed by atoms with Gasteiger partial charge in [0.2, 0.25) is 0 Å². The topological polar surface area (TPSA) is 0 Å². The number of allylic oxidation sites excluding steroid dienone is 16.